The number of ether oxygens (including phenoxy) is 1. The molecule has 4 atom stereocenters. The Kier molecular flexibility index (Phi) is 6.57. The molecule has 176 valence electrons. The Hall–Kier alpha value is -1.31. The van der Waals surface area contributed by atoms with E-state index in [1.165, 1.54) is 6.26 Å². The van der Waals surface area contributed by atoms with E-state index < -0.39 is 9.84 Å². The standard InChI is InChI=1S/C23H38N2O5S/c1-15-14-24(23(27)30-19-5-4-6-19)22-13-18(9-12-21(22)25(15)16(2)26)17-7-10-20(11-8-17)31(3,28)29/h15,17-22H,4-14H2,1-3H3/t15-,17?,18?,20?,21?,22?/m0/s1. The van der Waals surface area contributed by atoms with Crippen molar-refractivity contribution in [2.75, 3.05) is 12.8 Å². The Morgan fingerprint density at radius 2 is 1.55 bits per heavy atom. The molecule has 1 aliphatic heterocycles. The first-order chi connectivity index (χ1) is 14.6. The third-order valence-corrected chi connectivity index (χ3v) is 10.1. The number of carbonyl (C=O) groups is 2. The van der Waals surface area contributed by atoms with Crippen LogP contribution in [0.5, 0.6) is 0 Å². The van der Waals surface area contributed by atoms with Gasteiger partial charge in [-0.3, -0.25) is 4.79 Å². The number of hydrogen-bond donors (Lipinski definition) is 0. The van der Waals surface area contributed by atoms with Gasteiger partial charge in [0.25, 0.3) is 0 Å². The zero-order valence-electron chi connectivity index (χ0n) is 19.2. The third-order valence-electron chi connectivity index (χ3n) is 8.42. The molecule has 4 fully saturated rings. The highest BCUT2D eigenvalue weighted by molar-refractivity contribution is 7.91. The highest BCUT2D eigenvalue weighted by Crippen LogP contribution is 2.43. The van der Waals surface area contributed by atoms with Gasteiger partial charge in [0.05, 0.1) is 17.3 Å². The van der Waals surface area contributed by atoms with Gasteiger partial charge < -0.3 is 14.5 Å². The topological polar surface area (TPSA) is 84.0 Å². The Bertz CT molecular complexity index is 788. The molecule has 3 unspecified atom stereocenters. The number of piperazine rings is 1. The fourth-order valence-electron chi connectivity index (χ4n) is 6.53. The lowest BCUT2D eigenvalue weighted by Gasteiger charge is -2.54. The molecule has 1 saturated heterocycles. The van der Waals surface area contributed by atoms with Crippen LogP contribution in [0.1, 0.15) is 78.1 Å². The predicted octanol–water partition coefficient (Wildman–Crippen LogP) is 3.37. The predicted molar refractivity (Wildman–Crippen MR) is 118 cm³/mol. The molecule has 3 saturated carbocycles. The minimum atomic E-state index is -2.96. The number of carbonyl (C=O) groups excluding carboxylic acids is 2. The number of fused-ring (bicyclic) bond motifs is 1. The van der Waals surface area contributed by atoms with Crippen molar-refractivity contribution in [2.24, 2.45) is 11.8 Å². The minimum Gasteiger partial charge on any atom is -0.446 e. The molecule has 0 aromatic carbocycles. The number of sulfone groups is 1. The van der Waals surface area contributed by atoms with E-state index in [0.29, 0.717) is 18.4 Å². The summed E-state index contributed by atoms with van der Waals surface area (Å²) in [4.78, 5) is 29.4. The van der Waals surface area contributed by atoms with Gasteiger partial charge in [-0.25, -0.2) is 13.2 Å². The van der Waals surface area contributed by atoms with Crippen LogP contribution < -0.4 is 0 Å². The molecule has 8 heteroatoms. The molecule has 2 amide bonds. The molecule has 31 heavy (non-hydrogen) atoms. The van der Waals surface area contributed by atoms with Gasteiger partial charge in [0.2, 0.25) is 5.91 Å². The molecule has 4 aliphatic rings. The lowest BCUT2D eigenvalue weighted by molar-refractivity contribution is -0.143. The van der Waals surface area contributed by atoms with Gasteiger partial charge in [-0.05, 0) is 83.0 Å². The largest absolute Gasteiger partial charge is 0.446 e. The molecule has 7 nitrogen and oxygen atoms in total. The van der Waals surface area contributed by atoms with E-state index in [0.717, 1.165) is 64.2 Å². The lowest BCUT2D eigenvalue weighted by Crippen LogP contribution is -2.67. The van der Waals surface area contributed by atoms with Gasteiger partial charge in [-0.1, -0.05) is 0 Å². The number of rotatable bonds is 3. The fourth-order valence-corrected chi connectivity index (χ4v) is 7.65. The number of nitrogens with zero attached hydrogens (tertiary/aromatic N) is 2. The lowest BCUT2D eigenvalue weighted by atomic mass is 9.69. The van der Waals surface area contributed by atoms with Crippen LogP contribution in [0, 0.1) is 11.8 Å². The third kappa shape index (κ3) is 4.74. The van der Waals surface area contributed by atoms with E-state index in [2.05, 4.69) is 0 Å². The first-order valence-corrected chi connectivity index (χ1v) is 14.1. The van der Waals surface area contributed by atoms with E-state index in [9.17, 15) is 18.0 Å². The second-order valence-corrected chi connectivity index (χ2v) is 12.8. The van der Waals surface area contributed by atoms with Crippen molar-refractivity contribution in [2.45, 2.75) is 108 Å². The quantitative estimate of drug-likeness (QED) is 0.653. The van der Waals surface area contributed by atoms with Crippen LogP contribution in [0.2, 0.25) is 0 Å². The minimum absolute atomic E-state index is 0.000872. The molecular formula is C23H38N2O5S. The molecule has 0 bridgehead atoms. The maximum atomic E-state index is 13.0. The smallest absolute Gasteiger partial charge is 0.410 e. The van der Waals surface area contributed by atoms with Crippen molar-refractivity contribution in [1.82, 2.24) is 9.80 Å². The Morgan fingerprint density at radius 1 is 0.903 bits per heavy atom. The molecule has 4 rings (SSSR count). The van der Waals surface area contributed by atoms with E-state index in [1.54, 1.807) is 6.92 Å². The highest BCUT2D eigenvalue weighted by Gasteiger charge is 2.48. The van der Waals surface area contributed by atoms with Gasteiger partial charge >= 0.3 is 6.09 Å². The molecule has 3 aliphatic carbocycles. The molecular weight excluding hydrogens is 416 g/mol. The SMILES string of the molecule is CC(=O)N1C2CCC(C3CCC(S(C)(=O)=O)CC3)CC2N(C(=O)OC2CCC2)C[C@@H]1C. The van der Waals surface area contributed by atoms with Gasteiger partial charge in [-0.15, -0.1) is 0 Å². The summed E-state index contributed by atoms with van der Waals surface area (Å²) in [5.41, 5.74) is 0. The van der Waals surface area contributed by atoms with Crippen LogP contribution in [-0.4, -0.2) is 72.5 Å². The Labute approximate surface area is 186 Å². The summed E-state index contributed by atoms with van der Waals surface area (Å²) in [7, 11) is -2.96. The van der Waals surface area contributed by atoms with E-state index in [-0.39, 0.29) is 41.5 Å². The zero-order valence-corrected chi connectivity index (χ0v) is 20.0. The van der Waals surface area contributed by atoms with Crippen molar-refractivity contribution < 1.29 is 22.7 Å². The summed E-state index contributed by atoms with van der Waals surface area (Å²) in [6, 6.07) is 0.0484. The van der Waals surface area contributed by atoms with E-state index in [1.807, 2.05) is 16.7 Å². The number of hydrogen-bond acceptors (Lipinski definition) is 5. The summed E-state index contributed by atoms with van der Waals surface area (Å²) >= 11 is 0. The van der Waals surface area contributed by atoms with Crippen molar-refractivity contribution in [3.63, 3.8) is 0 Å². The van der Waals surface area contributed by atoms with Crippen LogP contribution in [-0.2, 0) is 19.4 Å². The first-order valence-electron chi connectivity index (χ1n) is 12.1. The summed E-state index contributed by atoms with van der Waals surface area (Å²) in [6.45, 7) is 4.19. The Morgan fingerprint density at radius 3 is 2.10 bits per heavy atom. The van der Waals surface area contributed by atoms with Crippen LogP contribution >= 0.6 is 0 Å². The van der Waals surface area contributed by atoms with E-state index in [4.69, 9.17) is 4.74 Å². The molecule has 0 N–H and O–H groups in total. The van der Waals surface area contributed by atoms with Crippen LogP contribution in [0.25, 0.3) is 0 Å². The van der Waals surface area contributed by atoms with Crippen molar-refractivity contribution in [1.29, 1.82) is 0 Å². The molecule has 0 radical (unpaired) electrons. The molecule has 0 spiro atoms. The Balaban J connectivity index is 1.47. The normalized spacial score (nSPS) is 37.0. The van der Waals surface area contributed by atoms with Crippen molar-refractivity contribution >= 4 is 21.8 Å². The second-order valence-electron chi connectivity index (χ2n) is 10.4. The summed E-state index contributed by atoms with van der Waals surface area (Å²) < 4.78 is 29.6. The van der Waals surface area contributed by atoms with Crippen LogP contribution in [0.15, 0.2) is 0 Å². The van der Waals surface area contributed by atoms with Crippen LogP contribution in [0.3, 0.4) is 0 Å². The average Bonchev–Trinajstić information content (AvgIpc) is 2.68. The molecule has 0 aromatic rings. The van der Waals surface area contributed by atoms with Gasteiger partial charge in [-0.2, -0.15) is 0 Å². The van der Waals surface area contributed by atoms with Crippen molar-refractivity contribution in [3.8, 4) is 0 Å². The number of amides is 2. The monoisotopic (exact) mass is 454 g/mol. The van der Waals surface area contributed by atoms with Gasteiger partial charge in [0, 0.05) is 25.8 Å². The van der Waals surface area contributed by atoms with Gasteiger partial charge in [0.15, 0.2) is 0 Å². The first kappa shape index (κ1) is 22.9. The maximum absolute atomic E-state index is 13.0. The maximum Gasteiger partial charge on any atom is 0.410 e. The summed E-state index contributed by atoms with van der Waals surface area (Å²) in [5, 5.41) is -0.197. The van der Waals surface area contributed by atoms with E-state index >= 15 is 0 Å². The fraction of sp³-hybridized carbons (Fsp3) is 0.913. The van der Waals surface area contributed by atoms with Gasteiger partial charge in [0.1, 0.15) is 15.9 Å². The average molecular weight is 455 g/mol. The second kappa shape index (κ2) is 8.91. The molecule has 0 aromatic heterocycles. The van der Waals surface area contributed by atoms with Crippen LogP contribution in [0.4, 0.5) is 4.79 Å². The molecule has 1 heterocycles. The highest BCUT2D eigenvalue weighted by atomic mass is 32.2. The van der Waals surface area contributed by atoms with Crippen molar-refractivity contribution in [3.05, 3.63) is 0 Å². The summed E-state index contributed by atoms with van der Waals surface area (Å²) in [6.07, 6.45) is 10.4. The summed E-state index contributed by atoms with van der Waals surface area (Å²) in [5.74, 6) is 1.07. The zero-order chi connectivity index (χ0) is 22.3.